The normalized spacial score (nSPS) is 15.5. The molecule has 1 aliphatic rings. The van der Waals surface area contributed by atoms with Gasteiger partial charge < -0.3 is 20.1 Å². The number of carbonyl (C=O) groups excluding carboxylic acids is 1. The second-order valence-electron chi connectivity index (χ2n) is 5.46. The van der Waals surface area contributed by atoms with Gasteiger partial charge in [0, 0.05) is 13.1 Å². The summed E-state index contributed by atoms with van der Waals surface area (Å²) >= 11 is 0. The Morgan fingerprint density at radius 2 is 2.05 bits per heavy atom. The number of aliphatic carboxylic acids is 1. The number of likely N-dealkylation sites (tertiary alicyclic amines) is 1. The Labute approximate surface area is 130 Å². The highest BCUT2D eigenvalue weighted by Crippen LogP contribution is 2.26. The van der Waals surface area contributed by atoms with Gasteiger partial charge in [-0.1, -0.05) is 6.07 Å². The van der Waals surface area contributed by atoms with Gasteiger partial charge in [0.1, 0.15) is 5.75 Å². The molecule has 1 heterocycles. The van der Waals surface area contributed by atoms with Gasteiger partial charge in [-0.15, -0.1) is 0 Å². The summed E-state index contributed by atoms with van der Waals surface area (Å²) in [5.74, 6) is -0.476. The van der Waals surface area contributed by atoms with Crippen LogP contribution in [0.1, 0.15) is 25.3 Å². The number of rotatable bonds is 4. The van der Waals surface area contributed by atoms with Crippen molar-refractivity contribution in [1.29, 1.82) is 0 Å². The number of nitrogens with one attached hydrogen (secondary N) is 1. The molecule has 120 valence electrons. The Hall–Kier alpha value is -2.24. The van der Waals surface area contributed by atoms with Crippen molar-refractivity contribution in [2.45, 2.75) is 26.7 Å². The molecule has 2 rings (SSSR count). The number of carboxylic acid groups (broad SMARTS) is 1. The van der Waals surface area contributed by atoms with Crippen LogP contribution < -0.4 is 10.1 Å². The van der Waals surface area contributed by atoms with E-state index in [1.165, 1.54) is 0 Å². The van der Waals surface area contributed by atoms with E-state index in [4.69, 9.17) is 9.84 Å². The number of anilines is 1. The summed E-state index contributed by atoms with van der Waals surface area (Å²) in [5.41, 5.74) is 1.70. The van der Waals surface area contributed by atoms with Gasteiger partial charge in [0.15, 0.2) is 0 Å². The van der Waals surface area contributed by atoms with Crippen molar-refractivity contribution >= 4 is 17.7 Å². The highest BCUT2D eigenvalue weighted by Gasteiger charge is 2.27. The number of urea groups is 1. The molecule has 1 saturated heterocycles. The molecule has 0 bridgehead atoms. The molecule has 1 aliphatic heterocycles. The molecule has 2 N–H and O–H groups in total. The van der Waals surface area contributed by atoms with Crippen molar-refractivity contribution < 1.29 is 19.4 Å². The molecule has 1 fully saturated rings. The summed E-state index contributed by atoms with van der Waals surface area (Å²) in [6, 6.07) is 5.40. The highest BCUT2D eigenvalue weighted by molar-refractivity contribution is 5.91. The highest BCUT2D eigenvalue weighted by atomic mass is 16.5. The second kappa shape index (κ2) is 7.15. The number of ether oxygens (including phenoxy) is 1. The number of aryl methyl sites for hydroxylation is 1. The number of carboxylic acids is 1. The fraction of sp³-hybridized carbons (Fsp3) is 0.500. The maximum Gasteiger partial charge on any atom is 0.321 e. The predicted octanol–water partition coefficient (Wildman–Crippen LogP) is 2.72. The Bertz CT molecular complexity index is 551. The number of carbonyl (C=O) groups is 2. The van der Waals surface area contributed by atoms with Crippen LogP contribution in [0.2, 0.25) is 0 Å². The number of hydrogen-bond donors (Lipinski definition) is 2. The van der Waals surface area contributed by atoms with Gasteiger partial charge >= 0.3 is 12.0 Å². The monoisotopic (exact) mass is 306 g/mol. The summed E-state index contributed by atoms with van der Waals surface area (Å²) in [7, 11) is 0. The number of piperidine rings is 1. The number of nitrogens with zero attached hydrogens (tertiary/aromatic N) is 1. The lowest BCUT2D eigenvalue weighted by Crippen LogP contribution is -2.42. The summed E-state index contributed by atoms with van der Waals surface area (Å²) in [4.78, 5) is 24.9. The van der Waals surface area contributed by atoms with Gasteiger partial charge in [-0.2, -0.15) is 0 Å². The second-order valence-corrected chi connectivity index (χ2v) is 5.46. The molecule has 22 heavy (non-hydrogen) atoms. The van der Waals surface area contributed by atoms with Gasteiger partial charge in [0.2, 0.25) is 0 Å². The van der Waals surface area contributed by atoms with Crippen LogP contribution in [0, 0.1) is 12.8 Å². The maximum atomic E-state index is 12.3. The van der Waals surface area contributed by atoms with E-state index >= 15 is 0 Å². The maximum absolute atomic E-state index is 12.3. The van der Waals surface area contributed by atoms with Crippen molar-refractivity contribution in [1.82, 2.24) is 4.90 Å². The van der Waals surface area contributed by atoms with E-state index in [9.17, 15) is 9.59 Å². The molecule has 0 spiro atoms. The van der Waals surface area contributed by atoms with Crippen LogP contribution in [0.3, 0.4) is 0 Å². The third-order valence-electron chi connectivity index (χ3n) is 3.81. The average Bonchev–Trinajstić information content (AvgIpc) is 2.50. The van der Waals surface area contributed by atoms with E-state index in [1.54, 1.807) is 4.90 Å². The zero-order chi connectivity index (χ0) is 16.1. The molecular formula is C16H22N2O4. The topological polar surface area (TPSA) is 78.9 Å². The number of benzene rings is 1. The van der Waals surface area contributed by atoms with Gasteiger partial charge in [-0.3, -0.25) is 4.79 Å². The van der Waals surface area contributed by atoms with E-state index < -0.39 is 5.97 Å². The first-order chi connectivity index (χ1) is 10.5. The van der Waals surface area contributed by atoms with Crippen molar-refractivity contribution in [2.75, 3.05) is 25.0 Å². The molecule has 0 radical (unpaired) electrons. The summed E-state index contributed by atoms with van der Waals surface area (Å²) in [6.07, 6.45) is 0.990. The van der Waals surface area contributed by atoms with Gasteiger partial charge in [0.25, 0.3) is 0 Å². The lowest BCUT2D eigenvalue weighted by molar-refractivity contribution is -0.143. The van der Waals surface area contributed by atoms with Crippen molar-refractivity contribution in [3.05, 3.63) is 23.8 Å². The third kappa shape index (κ3) is 3.90. The Kier molecular flexibility index (Phi) is 5.25. The van der Waals surface area contributed by atoms with Gasteiger partial charge in [0.05, 0.1) is 18.2 Å². The molecular weight excluding hydrogens is 284 g/mol. The lowest BCUT2D eigenvalue weighted by Gasteiger charge is -2.30. The van der Waals surface area contributed by atoms with Crippen molar-refractivity contribution in [3.63, 3.8) is 0 Å². The predicted molar refractivity (Wildman–Crippen MR) is 83.3 cm³/mol. The molecule has 6 heteroatoms. The lowest BCUT2D eigenvalue weighted by atomic mass is 9.97. The minimum Gasteiger partial charge on any atom is -0.492 e. The Morgan fingerprint density at radius 3 is 2.64 bits per heavy atom. The molecule has 0 atom stereocenters. The molecule has 1 aromatic carbocycles. The molecule has 0 aromatic heterocycles. The fourth-order valence-electron chi connectivity index (χ4n) is 2.53. The largest absolute Gasteiger partial charge is 0.492 e. The zero-order valence-corrected chi connectivity index (χ0v) is 13.0. The molecule has 2 amide bonds. The number of amides is 2. The standard InChI is InChI=1S/C16H22N2O4/c1-3-22-14-10-11(2)4-5-13(14)17-16(21)18-8-6-12(7-9-18)15(19)20/h4-5,10,12H,3,6-9H2,1-2H3,(H,17,21)(H,19,20). The minimum atomic E-state index is -0.780. The minimum absolute atomic E-state index is 0.214. The average molecular weight is 306 g/mol. The van der Waals surface area contributed by atoms with E-state index in [1.807, 2.05) is 32.0 Å². The van der Waals surface area contributed by atoms with Crippen LogP contribution in [0.4, 0.5) is 10.5 Å². The summed E-state index contributed by atoms with van der Waals surface area (Å²) in [6.45, 7) is 5.29. The number of hydrogen-bond acceptors (Lipinski definition) is 3. The van der Waals surface area contributed by atoms with Crippen LogP contribution >= 0.6 is 0 Å². The van der Waals surface area contributed by atoms with Crippen LogP contribution in [-0.4, -0.2) is 41.7 Å². The van der Waals surface area contributed by atoms with Gasteiger partial charge in [-0.05, 0) is 44.4 Å². The van der Waals surface area contributed by atoms with E-state index in [-0.39, 0.29) is 11.9 Å². The first-order valence-corrected chi connectivity index (χ1v) is 7.53. The van der Waals surface area contributed by atoms with Crippen molar-refractivity contribution in [2.24, 2.45) is 5.92 Å². The molecule has 0 saturated carbocycles. The first kappa shape index (κ1) is 16.1. The quantitative estimate of drug-likeness (QED) is 0.896. The van der Waals surface area contributed by atoms with Crippen LogP contribution in [0.15, 0.2) is 18.2 Å². The molecule has 6 nitrogen and oxygen atoms in total. The zero-order valence-electron chi connectivity index (χ0n) is 13.0. The Morgan fingerprint density at radius 1 is 1.36 bits per heavy atom. The Balaban J connectivity index is 1.99. The van der Waals surface area contributed by atoms with E-state index in [0.717, 1.165) is 5.56 Å². The smallest absolute Gasteiger partial charge is 0.321 e. The first-order valence-electron chi connectivity index (χ1n) is 7.53. The summed E-state index contributed by atoms with van der Waals surface area (Å²) < 4.78 is 5.54. The van der Waals surface area contributed by atoms with E-state index in [2.05, 4.69) is 5.32 Å². The fourth-order valence-corrected chi connectivity index (χ4v) is 2.53. The van der Waals surface area contributed by atoms with E-state index in [0.29, 0.717) is 44.0 Å². The van der Waals surface area contributed by atoms with Crippen LogP contribution in [0.5, 0.6) is 5.75 Å². The molecule has 0 aliphatic carbocycles. The molecule has 0 unspecified atom stereocenters. The van der Waals surface area contributed by atoms with Gasteiger partial charge in [-0.25, -0.2) is 4.79 Å². The SMILES string of the molecule is CCOc1cc(C)ccc1NC(=O)N1CCC(C(=O)O)CC1. The third-order valence-corrected chi connectivity index (χ3v) is 3.81. The van der Waals surface area contributed by atoms with Crippen molar-refractivity contribution in [3.8, 4) is 5.75 Å². The van der Waals surface area contributed by atoms with Crippen LogP contribution in [0.25, 0.3) is 0 Å². The summed E-state index contributed by atoms with van der Waals surface area (Å²) in [5, 5.41) is 11.8. The van der Waals surface area contributed by atoms with Crippen LogP contribution in [-0.2, 0) is 4.79 Å². The molecule has 1 aromatic rings.